The Kier molecular flexibility index (Phi) is 4.61. The van der Waals surface area contributed by atoms with Gasteiger partial charge in [-0.25, -0.2) is 14.2 Å². The highest BCUT2D eigenvalue weighted by atomic mass is 19.1. The molecule has 1 heterocycles. The van der Waals surface area contributed by atoms with Gasteiger partial charge in [0.1, 0.15) is 11.5 Å². The first-order chi connectivity index (χ1) is 10.1. The van der Waals surface area contributed by atoms with Crippen LogP contribution in [-0.2, 0) is 9.53 Å². The Morgan fingerprint density at radius 3 is 2.48 bits per heavy atom. The minimum Gasteiger partial charge on any atom is -0.467 e. The van der Waals surface area contributed by atoms with Crippen LogP contribution in [0.15, 0.2) is 48.7 Å². The lowest BCUT2D eigenvalue weighted by molar-refractivity contribution is -0.143. The highest BCUT2D eigenvalue weighted by molar-refractivity contribution is 5.95. The van der Waals surface area contributed by atoms with Crippen molar-refractivity contribution < 1.29 is 18.7 Å². The van der Waals surface area contributed by atoms with Crippen LogP contribution in [0.2, 0.25) is 0 Å². The van der Waals surface area contributed by atoms with Crippen molar-refractivity contribution in [2.45, 2.75) is 6.04 Å². The number of pyridine rings is 1. The van der Waals surface area contributed by atoms with Crippen LogP contribution in [0.1, 0.15) is 22.1 Å². The number of aromatic nitrogens is 1. The first-order valence-electron chi connectivity index (χ1n) is 6.17. The van der Waals surface area contributed by atoms with Crippen LogP contribution in [0.4, 0.5) is 4.39 Å². The van der Waals surface area contributed by atoms with Crippen LogP contribution in [0.5, 0.6) is 0 Å². The third kappa shape index (κ3) is 3.62. The third-order valence-electron chi connectivity index (χ3n) is 2.81. The maximum Gasteiger partial charge on any atom is 0.333 e. The number of carbonyl (C=O) groups excluding carboxylic acids is 2. The number of ether oxygens (including phenoxy) is 1. The van der Waals surface area contributed by atoms with E-state index < -0.39 is 23.7 Å². The van der Waals surface area contributed by atoms with Crippen LogP contribution in [0, 0.1) is 5.82 Å². The topological polar surface area (TPSA) is 68.3 Å². The van der Waals surface area contributed by atoms with Crippen LogP contribution >= 0.6 is 0 Å². The summed E-state index contributed by atoms with van der Waals surface area (Å²) in [6, 6.07) is 10.1. The molecule has 5 nitrogen and oxygen atoms in total. The Balaban J connectivity index is 2.21. The summed E-state index contributed by atoms with van der Waals surface area (Å²) in [4.78, 5) is 27.5. The lowest BCUT2D eigenvalue weighted by Crippen LogP contribution is -2.35. The SMILES string of the molecule is COC(=O)C(NC(=O)c1ccc(F)cn1)c1ccccc1. The van der Waals surface area contributed by atoms with Crippen LogP contribution in [0.25, 0.3) is 0 Å². The number of hydrogen-bond acceptors (Lipinski definition) is 4. The summed E-state index contributed by atoms with van der Waals surface area (Å²) in [7, 11) is 1.24. The van der Waals surface area contributed by atoms with Gasteiger partial charge in [0.25, 0.3) is 5.91 Å². The molecule has 0 saturated carbocycles. The molecule has 0 spiro atoms. The maximum absolute atomic E-state index is 12.8. The Hall–Kier alpha value is -2.76. The van der Waals surface area contributed by atoms with Gasteiger partial charge in [-0.05, 0) is 17.7 Å². The largest absolute Gasteiger partial charge is 0.467 e. The van der Waals surface area contributed by atoms with Gasteiger partial charge in [0, 0.05) is 0 Å². The predicted octanol–water partition coefficient (Wildman–Crippen LogP) is 1.86. The predicted molar refractivity (Wildman–Crippen MR) is 72.9 cm³/mol. The van der Waals surface area contributed by atoms with E-state index in [1.807, 2.05) is 0 Å². The van der Waals surface area contributed by atoms with Crippen LogP contribution in [0.3, 0.4) is 0 Å². The third-order valence-corrected chi connectivity index (χ3v) is 2.81. The van der Waals surface area contributed by atoms with E-state index in [-0.39, 0.29) is 5.69 Å². The molecule has 0 bridgehead atoms. The average Bonchev–Trinajstić information content (AvgIpc) is 2.53. The molecule has 1 N–H and O–H groups in total. The molecule has 108 valence electrons. The average molecular weight is 288 g/mol. The standard InChI is InChI=1S/C15H13FN2O3/c1-21-15(20)13(10-5-3-2-4-6-10)18-14(19)12-8-7-11(16)9-17-12/h2-9,13H,1H3,(H,18,19). The zero-order valence-electron chi connectivity index (χ0n) is 11.2. The summed E-state index contributed by atoms with van der Waals surface area (Å²) >= 11 is 0. The molecule has 0 fully saturated rings. The smallest absolute Gasteiger partial charge is 0.333 e. The van der Waals surface area contributed by atoms with Gasteiger partial charge < -0.3 is 10.1 Å². The van der Waals surface area contributed by atoms with E-state index in [0.29, 0.717) is 5.56 Å². The molecular weight excluding hydrogens is 275 g/mol. The van der Waals surface area contributed by atoms with Crippen LogP contribution in [-0.4, -0.2) is 24.0 Å². The number of hydrogen-bond donors (Lipinski definition) is 1. The number of nitrogens with one attached hydrogen (secondary N) is 1. The molecule has 21 heavy (non-hydrogen) atoms. The lowest BCUT2D eigenvalue weighted by Gasteiger charge is -2.16. The van der Waals surface area contributed by atoms with Crippen molar-refractivity contribution in [1.29, 1.82) is 0 Å². The maximum atomic E-state index is 12.8. The number of esters is 1. The monoisotopic (exact) mass is 288 g/mol. The molecule has 1 aromatic carbocycles. The number of carbonyl (C=O) groups is 2. The molecule has 6 heteroatoms. The lowest BCUT2D eigenvalue weighted by atomic mass is 10.1. The molecular formula is C15H13FN2O3. The molecule has 2 rings (SSSR count). The van der Waals surface area contributed by atoms with Gasteiger partial charge >= 0.3 is 5.97 Å². The van der Waals surface area contributed by atoms with Gasteiger partial charge in [0.05, 0.1) is 13.3 Å². The minimum absolute atomic E-state index is 0.0150. The summed E-state index contributed by atoms with van der Waals surface area (Å²) in [5.74, 6) is -1.73. The second-order valence-electron chi connectivity index (χ2n) is 4.20. The first kappa shape index (κ1) is 14.6. The quantitative estimate of drug-likeness (QED) is 0.872. The molecule has 0 saturated heterocycles. The van der Waals surface area contributed by atoms with E-state index in [4.69, 9.17) is 0 Å². The van der Waals surface area contributed by atoms with Gasteiger partial charge in [-0.1, -0.05) is 30.3 Å². The van der Waals surface area contributed by atoms with Crippen molar-refractivity contribution in [3.63, 3.8) is 0 Å². The summed E-state index contributed by atoms with van der Waals surface area (Å²) < 4.78 is 17.5. The van der Waals surface area contributed by atoms with E-state index in [9.17, 15) is 14.0 Å². The number of nitrogens with zero attached hydrogens (tertiary/aromatic N) is 1. The Labute approximate surface area is 120 Å². The molecule has 0 aliphatic rings. The molecule has 1 atom stereocenters. The molecule has 0 radical (unpaired) electrons. The second kappa shape index (κ2) is 6.60. The van der Waals surface area contributed by atoms with Crippen molar-refractivity contribution in [2.75, 3.05) is 7.11 Å². The zero-order chi connectivity index (χ0) is 15.2. The zero-order valence-corrected chi connectivity index (χ0v) is 11.2. The summed E-state index contributed by atoms with van der Waals surface area (Å²) in [6.07, 6.45) is 0.935. The highest BCUT2D eigenvalue weighted by Gasteiger charge is 2.24. The molecule has 1 aromatic heterocycles. The number of methoxy groups -OCH3 is 1. The molecule has 2 aromatic rings. The Morgan fingerprint density at radius 1 is 1.19 bits per heavy atom. The fraction of sp³-hybridized carbons (Fsp3) is 0.133. The summed E-state index contributed by atoms with van der Waals surface area (Å²) in [5.41, 5.74) is 0.598. The first-order valence-corrected chi connectivity index (χ1v) is 6.17. The van der Waals surface area contributed by atoms with Gasteiger partial charge in [0.2, 0.25) is 0 Å². The number of halogens is 1. The molecule has 1 amide bonds. The minimum atomic E-state index is -0.949. The number of rotatable bonds is 4. The fourth-order valence-corrected chi connectivity index (χ4v) is 1.76. The Morgan fingerprint density at radius 2 is 1.90 bits per heavy atom. The molecule has 0 aliphatic carbocycles. The van der Waals surface area contributed by atoms with Crippen molar-refractivity contribution in [3.05, 3.63) is 65.7 Å². The number of amides is 1. The fourth-order valence-electron chi connectivity index (χ4n) is 1.76. The van der Waals surface area contributed by atoms with Crippen molar-refractivity contribution in [2.24, 2.45) is 0 Å². The van der Waals surface area contributed by atoms with Crippen molar-refractivity contribution >= 4 is 11.9 Å². The Bertz CT molecular complexity index is 629. The highest BCUT2D eigenvalue weighted by Crippen LogP contribution is 2.14. The normalized spacial score (nSPS) is 11.5. The number of benzene rings is 1. The van der Waals surface area contributed by atoms with Gasteiger partial charge in [-0.2, -0.15) is 0 Å². The van der Waals surface area contributed by atoms with E-state index in [1.54, 1.807) is 30.3 Å². The van der Waals surface area contributed by atoms with Gasteiger partial charge in [0.15, 0.2) is 6.04 Å². The molecule has 1 unspecified atom stereocenters. The van der Waals surface area contributed by atoms with Crippen molar-refractivity contribution in [1.82, 2.24) is 10.3 Å². The summed E-state index contributed by atoms with van der Waals surface area (Å²) in [5, 5.41) is 2.52. The van der Waals surface area contributed by atoms with Gasteiger partial charge in [-0.15, -0.1) is 0 Å². The summed E-state index contributed by atoms with van der Waals surface area (Å²) in [6.45, 7) is 0. The van der Waals surface area contributed by atoms with E-state index >= 15 is 0 Å². The van der Waals surface area contributed by atoms with Crippen LogP contribution < -0.4 is 5.32 Å². The second-order valence-corrected chi connectivity index (χ2v) is 4.20. The van der Waals surface area contributed by atoms with E-state index in [1.165, 1.54) is 13.2 Å². The van der Waals surface area contributed by atoms with Crippen molar-refractivity contribution in [3.8, 4) is 0 Å². The van der Waals surface area contributed by atoms with Gasteiger partial charge in [-0.3, -0.25) is 4.79 Å². The van der Waals surface area contributed by atoms with E-state index in [0.717, 1.165) is 12.3 Å². The molecule has 0 aliphatic heterocycles. The van der Waals surface area contributed by atoms with E-state index in [2.05, 4.69) is 15.0 Å².